The van der Waals surface area contributed by atoms with Gasteiger partial charge in [0.1, 0.15) is 0 Å². The van der Waals surface area contributed by atoms with Crippen molar-refractivity contribution in [3.63, 3.8) is 0 Å². The van der Waals surface area contributed by atoms with Gasteiger partial charge in [-0.1, -0.05) is 20.8 Å². The van der Waals surface area contributed by atoms with E-state index in [4.69, 9.17) is 5.73 Å². The van der Waals surface area contributed by atoms with Gasteiger partial charge in [0.15, 0.2) is 0 Å². The summed E-state index contributed by atoms with van der Waals surface area (Å²) in [4.78, 5) is 4.52. The van der Waals surface area contributed by atoms with E-state index in [2.05, 4.69) is 36.5 Å². The van der Waals surface area contributed by atoms with E-state index >= 15 is 0 Å². The highest BCUT2D eigenvalue weighted by Gasteiger charge is 2.19. The van der Waals surface area contributed by atoms with E-state index in [9.17, 15) is 0 Å². The van der Waals surface area contributed by atoms with Gasteiger partial charge in [-0.05, 0) is 19.3 Å². The molecule has 0 atom stereocenters. The first-order valence-corrected chi connectivity index (χ1v) is 6.94. The van der Waals surface area contributed by atoms with E-state index in [1.54, 1.807) is 11.3 Å². The molecule has 16 heavy (non-hydrogen) atoms. The number of hydrogen-bond acceptors (Lipinski definition) is 4. The SMILES string of the molecule is CCc1nc(CNCC(N)(CC)CC)cs1. The Bertz CT molecular complexity index is 305. The van der Waals surface area contributed by atoms with Gasteiger partial charge in [0, 0.05) is 24.0 Å². The van der Waals surface area contributed by atoms with Crippen molar-refractivity contribution in [2.24, 2.45) is 5.73 Å². The van der Waals surface area contributed by atoms with Crippen molar-refractivity contribution in [2.45, 2.75) is 52.1 Å². The fraction of sp³-hybridized carbons (Fsp3) is 0.750. The summed E-state index contributed by atoms with van der Waals surface area (Å²) in [5.41, 5.74) is 7.28. The first-order chi connectivity index (χ1) is 7.63. The maximum atomic E-state index is 6.21. The number of hydrogen-bond donors (Lipinski definition) is 2. The van der Waals surface area contributed by atoms with Crippen LogP contribution in [-0.4, -0.2) is 17.1 Å². The van der Waals surface area contributed by atoms with E-state index in [0.717, 1.165) is 38.0 Å². The summed E-state index contributed by atoms with van der Waals surface area (Å²) in [6.07, 6.45) is 3.04. The van der Waals surface area contributed by atoms with E-state index in [-0.39, 0.29) is 5.54 Å². The molecular weight excluding hydrogens is 218 g/mol. The van der Waals surface area contributed by atoms with Gasteiger partial charge < -0.3 is 11.1 Å². The van der Waals surface area contributed by atoms with Crippen LogP contribution >= 0.6 is 11.3 Å². The first kappa shape index (κ1) is 13.6. The van der Waals surface area contributed by atoms with Crippen LogP contribution in [0.3, 0.4) is 0 Å². The lowest BCUT2D eigenvalue weighted by molar-refractivity contribution is 0.368. The summed E-state index contributed by atoms with van der Waals surface area (Å²) in [5.74, 6) is 0. The molecule has 0 aliphatic carbocycles. The lowest BCUT2D eigenvalue weighted by Crippen LogP contribution is -2.47. The van der Waals surface area contributed by atoms with Crippen LogP contribution in [0.5, 0.6) is 0 Å². The van der Waals surface area contributed by atoms with Crippen LogP contribution in [0.1, 0.15) is 44.3 Å². The van der Waals surface area contributed by atoms with Crippen molar-refractivity contribution in [2.75, 3.05) is 6.54 Å². The highest BCUT2D eigenvalue weighted by atomic mass is 32.1. The van der Waals surface area contributed by atoms with Crippen LogP contribution < -0.4 is 11.1 Å². The zero-order chi connectivity index (χ0) is 12.0. The van der Waals surface area contributed by atoms with Crippen LogP contribution in [-0.2, 0) is 13.0 Å². The molecule has 4 heteroatoms. The molecule has 0 aliphatic heterocycles. The van der Waals surface area contributed by atoms with E-state index in [0.29, 0.717) is 0 Å². The van der Waals surface area contributed by atoms with Crippen molar-refractivity contribution in [1.29, 1.82) is 0 Å². The maximum absolute atomic E-state index is 6.21. The van der Waals surface area contributed by atoms with Crippen molar-refractivity contribution >= 4 is 11.3 Å². The molecule has 3 N–H and O–H groups in total. The summed E-state index contributed by atoms with van der Waals surface area (Å²) in [7, 11) is 0. The van der Waals surface area contributed by atoms with Crippen molar-refractivity contribution in [1.82, 2.24) is 10.3 Å². The van der Waals surface area contributed by atoms with E-state index in [1.807, 2.05) is 0 Å². The number of thiazole rings is 1. The molecule has 1 aromatic heterocycles. The molecular formula is C12H23N3S. The van der Waals surface area contributed by atoms with Gasteiger partial charge in [-0.15, -0.1) is 11.3 Å². The molecule has 1 heterocycles. The lowest BCUT2D eigenvalue weighted by atomic mass is 9.94. The number of nitrogens with one attached hydrogen (secondary N) is 1. The van der Waals surface area contributed by atoms with Gasteiger partial charge in [-0.3, -0.25) is 0 Å². The Kier molecular flexibility index (Phi) is 5.38. The Balaban J connectivity index is 2.35. The fourth-order valence-corrected chi connectivity index (χ4v) is 2.28. The van der Waals surface area contributed by atoms with Crippen molar-refractivity contribution in [3.8, 4) is 0 Å². The highest BCUT2D eigenvalue weighted by molar-refractivity contribution is 7.09. The molecule has 3 nitrogen and oxygen atoms in total. The molecule has 0 saturated heterocycles. The number of aromatic nitrogens is 1. The quantitative estimate of drug-likeness (QED) is 0.770. The topological polar surface area (TPSA) is 50.9 Å². The predicted octanol–water partition coefficient (Wildman–Crippen LogP) is 2.31. The highest BCUT2D eigenvalue weighted by Crippen LogP contribution is 2.12. The molecule has 1 rings (SSSR count). The van der Waals surface area contributed by atoms with Gasteiger partial charge in [-0.2, -0.15) is 0 Å². The van der Waals surface area contributed by atoms with Crippen molar-refractivity contribution < 1.29 is 0 Å². The first-order valence-electron chi connectivity index (χ1n) is 6.06. The Morgan fingerprint density at radius 3 is 2.56 bits per heavy atom. The normalized spacial score (nSPS) is 12.0. The summed E-state index contributed by atoms with van der Waals surface area (Å²) < 4.78 is 0. The Morgan fingerprint density at radius 1 is 1.38 bits per heavy atom. The largest absolute Gasteiger partial charge is 0.324 e. The van der Waals surface area contributed by atoms with Crippen molar-refractivity contribution in [3.05, 3.63) is 16.1 Å². The minimum atomic E-state index is -0.0659. The smallest absolute Gasteiger partial charge is 0.0926 e. The Hall–Kier alpha value is -0.450. The van der Waals surface area contributed by atoms with Gasteiger partial charge in [-0.25, -0.2) is 4.98 Å². The monoisotopic (exact) mass is 241 g/mol. The molecule has 0 aromatic carbocycles. The van der Waals surface area contributed by atoms with Gasteiger partial charge in [0.05, 0.1) is 10.7 Å². The molecule has 0 spiro atoms. The van der Waals surface area contributed by atoms with Gasteiger partial charge in [0.2, 0.25) is 0 Å². The average Bonchev–Trinajstić information content (AvgIpc) is 2.77. The third-order valence-corrected chi connectivity index (χ3v) is 4.14. The van der Waals surface area contributed by atoms with Crippen LogP contribution in [0.15, 0.2) is 5.38 Å². The molecule has 0 amide bonds. The zero-order valence-electron chi connectivity index (χ0n) is 10.5. The lowest BCUT2D eigenvalue weighted by Gasteiger charge is -2.26. The third-order valence-electron chi connectivity index (χ3n) is 3.09. The Labute approximate surface area is 102 Å². The minimum Gasteiger partial charge on any atom is -0.324 e. The molecule has 0 radical (unpaired) electrons. The molecule has 0 saturated carbocycles. The molecule has 0 fully saturated rings. The third kappa shape index (κ3) is 3.85. The second kappa shape index (κ2) is 6.33. The second-order valence-electron chi connectivity index (χ2n) is 4.26. The number of rotatable bonds is 7. The van der Waals surface area contributed by atoms with E-state index < -0.39 is 0 Å². The van der Waals surface area contributed by atoms with Crippen LogP contribution in [0.4, 0.5) is 0 Å². The van der Waals surface area contributed by atoms with Crippen LogP contribution in [0.25, 0.3) is 0 Å². The van der Waals surface area contributed by atoms with Crippen LogP contribution in [0.2, 0.25) is 0 Å². The number of nitrogens with two attached hydrogens (primary N) is 1. The van der Waals surface area contributed by atoms with Crippen LogP contribution in [0, 0.1) is 0 Å². The fourth-order valence-electron chi connectivity index (χ4n) is 1.53. The number of nitrogens with zero attached hydrogens (tertiary/aromatic N) is 1. The summed E-state index contributed by atoms with van der Waals surface area (Å²) in [5, 5.41) is 6.74. The predicted molar refractivity (Wildman–Crippen MR) is 70.7 cm³/mol. The minimum absolute atomic E-state index is 0.0659. The molecule has 0 bridgehead atoms. The van der Waals surface area contributed by atoms with Gasteiger partial charge >= 0.3 is 0 Å². The standard InChI is InChI=1S/C12H23N3S/c1-4-11-15-10(8-16-11)7-14-9-12(13,5-2)6-3/h8,14H,4-7,9,13H2,1-3H3. The average molecular weight is 241 g/mol. The second-order valence-corrected chi connectivity index (χ2v) is 5.20. The summed E-state index contributed by atoms with van der Waals surface area (Å²) in [6, 6.07) is 0. The Morgan fingerprint density at radius 2 is 2.06 bits per heavy atom. The molecule has 0 aliphatic rings. The molecule has 0 unspecified atom stereocenters. The van der Waals surface area contributed by atoms with E-state index in [1.165, 1.54) is 5.01 Å². The van der Waals surface area contributed by atoms with Gasteiger partial charge in [0.25, 0.3) is 0 Å². The summed E-state index contributed by atoms with van der Waals surface area (Å²) >= 11 is 1.74. The zero-order valence-corrected chi connectivity index (χ0v) is 11.4. The molecule has 92 valence electrons. The number of aryl methyl sites for hydroxylation is 1. The molecule has 1 aromatic rings. The summed E-state index contributed by atoms with van der Waals surface area (Å²) in [6.45, 7) is 8.11. The maximum Gasteiger partial charge on any atom is 0.0926 e.